The number of anilines is 1. The van der Waals surface area contributed by atoms with Gasteiger partial charge in [-0.05, 0) is 56.3 Å². The number of amides is 1. The molecule has 1 aromatic heterocycles. The molecule has 9 heteroatoms. The van der Waals surface area contributed by atoms with Gasteiger partial charge in [-0.2, -0.15) is 0 Å². The lowest BCUT2D eigenvalue weighted by Gasteiger charge is -2.24. The number of rotatable bonds is 11. The molecule has 0 aliphatic carbocycles. The number of nitrogens with zero attached hydrogens (tertiary/aromatic N) is 3. The number of carbonyl (C=O) groups is 1. The molecule has 0 fully saturated rings. The van der Waals surface area contributed by atoms with E-state index in [2.05, 4.69) is 18.7 Å². The van der Waals surface area contributed by atoms with E-state index in [9.17, 15) is 13.2 Å². The van der Waals surface area contributed by atoms with Crippen molar-refractivity contribution in [1.82, 2.24) is 9.88 Å². The summed E-state index contributed by atoms with van der Waals surface area (Å²) in [7, 11) is -3.42. The highest BCUT2D eigenvalue weighted by molar-refractivity contribution is 7.91. The van der Waals surface area contributed by atoms with Crippen LogP contribution >= 0.6 is 22.9 Å². The average molecular weight is 508 g/mol. The molecule has 1 amide bonds. The molecule has 0 saturated heterocycles. The molecule has 1 heterocycles. The summed E-state index contributed by atoms with van der Waals surface area (Å²) in [6.07, 6.45) is 0.396. The number of thiazole rings is 1. The van der Waals surface area contributed by atoms with E-state index in [1.807, 2.05) is 19.1 Å². The number of aryl methyl sites for hydroxylation is 1. The highest BCUT2D eigenvalue weighted by Gasteiger charge is 2.22. The molecular weight excluding hydrogens is 478 g/mol. The SMILES string of the molecule is CCN(CC)CCN(C(=O)CCCS(=O)(=O)c1ccccc1)c1nc2c(C)cc(Cl)cc2s1. The summed E-state index contributed by atoms with van der Waals surface area (Å²) in [6.45, 7) is 9.13. The molecule has 0 bridgehead atoms. The number of fused-ring (bicyclic) bond motifs is 1. The lowest BCUT2D eigenvalue weighted by molar-refractivity contribution is -0.118. The van der Waals surface area contributed by atoms with E-state index in [-0.39, 0.29) is 29.4 Å². The molecule has 0 radical (unpaired) electrons. The first-order valence-corrected chi connectivity index (χ1v) is 14.0. The van der Waals surface area contributed by atoms with E-state index in [0.717, 1.165) is 35.4 Å². The van der Waals surface area contributed by atoms with E-state index >= 15 is 0 Å². The van der Waals surface area contributed by atoms with E-state index in [1.165, 1.54) is 11.3 Å². The van der Waals surface area contributed by atoms with Crippen LogP contribution in [0.5, 0.6) is 0 Å². The fourth-order valence-corrected chi connectivity index (χ4v) is 6.46. The topological polar surface area (TPSA) is 70.6 Å². The van der Waals surface area contributed by atoms with Crippen LogP contribution in [0.25, 0.3) is 10.2 Å². The smallest absolute Gasteiger partial charge is 0.228 e. The van der Waals surface area contributed by atoms with E-state index in [0.29, 0.717) is 16.7 Å². The van der Waals surface area contributed by atoms with Crippen LogP contribution in [-0.4, -0.2) is 56.1 Å². The van der Waals surface area contributed by atoms with Gasteiger partial charge in [-0.1, -0.05) is 55.0 Å². The highest BCUT2D eigenvalue weighted by Crippen LogP contribution is 2.33. The summed E-state index contributed by atoms with van der Waals surface area (Å²) < 4.78 is 26.1. The number of likely N-dealkylation sites (N-methyl/N-ethyl adjacent to an activating group) is 1. The first-order valence-electron chi connectivity index (χ1n) is 11.1. The van der Waals surface area contributed by atoms with Gasteiger partial charge in [-0.15, -0.1) is 0 Å². The fourth-order valence-electron chi connectivity index (χ4n) is 3.66. The molecule has 3 aromatic rings. The molecule has 0 aliphatic rings. The minimum Gasteiger partial charge on any atom is -0.302 e. The maximum atomic E-state index is 13.2. The maximum Gasteiger partial charge on any atom is 0.228 e. The quantitative estimate of drug-likeness (QED) is 0.357. The van der Waals surface area contributed by atoms with Crippen LogP contribution in [0.1, 0.15) is 32.3 Å². The van der Waals surface area contributed by atoms with Crippen molar-refractivity contribution in [2.45, 2.75) is 38.5 Å². The lowest BCUT2D eigenvalue weighted by Crippen LogP contribution is -2.38. The fraction of sp³-hybridized carbons (Fsp3) is 0.417. The molecular formula is C24H30ClN3O3S2. The van der Waals surface area contributed by atoms with Gasteiger partial charge in [-0.25, -0.2) is 13.4 Å². The second-order valence-corrected chi connectivity index (χ2v) is 11.4. The Morgan fingerprint density at radius 1 is 1.09 bits per heavy atom. The first kappa shape index (κ1) is 25.6. The summed E-state index contributed by atoms with van der Waals surface area (Å²) >= 11 is 7.65. The number of benzene rings is 2. The number of hydrogen-bond donors (Lipinski definition) is 0. The van der Waals surface area contributed by atoms with Crippen LogP contribution in [0.3, 0.4) is 0 Å². The largest absolute Gasteiger partial charge is 0.302 e. The molecule has 33 heavy (non-hydrogen) atoms. The summed E-state index contributed by atoms with van der Waals surface area (Å²) in [5.74, 6) is -0.186. The van der Waals surface area contributed by atoms with Gasteiger partial charge in [0.05, 0.1) is 20.9 Å². The van der Waals surface area contributed by atoms with Gasteiger partial charge >= 0.3 is 0 Å². The zero-order chi connectivity index (χ0) is 24.0. The van der Waals surface area contributed by atoms with Crippen LogP contribution in [0.2, 0.25) is 5.02 Å². The van der Waals surface area contributed by atoms with Gasteiger partial charge in [0.1, 0.15) is 0 Å². The van der Waals surface area contributed by atoms with Crippen molar-refractivity contribution in [3.8, 4) is 0 Å². The normalized spacial score (nSPS) is 11.9. The second-order valence-electron chi connectivity index (χ2n) is 7.87. The summed E-state index contributed by atoms with van der Waals surface area (Å²) in [5, 5.41) is 1.26. The number of sulfone groups is 1. The highest BCUT2D eigenvalue weighted by atomic mass is 35.5. The van der Waals surface area contributed by atoms with Crippen molar-refractivity contribution in [1.29, 1.82) is 0 Å². The molecule has 0 spiro atoms. The second kappa shape index (κ2) is 11.4. The van der Waals surface area contributed by atoms with Crippen molar-refractivity contribution in [3.05, 3.63) is 53.1 Å². The van der Waals surface area contributed by atoms with E-state index in [1.54, 1.807) is 35.2 Å². The summed E-state index contributed by atoms with van der Waals surface area (Å²) in [6, 6.07) is 12.1. The summed E-state index contributed by atoms with van der Waals surface area (Å²) in [4.78, 5) is 22.2. The third kappa shape index (κ3) is 6.53. The predicted octanol–water partition coefficient (Wildman–Crippen LogP) is 5.19. The van der Waals surface area contributed by atoms with Gasteiger partial charge in [-0.3, -0.25) is 9.69 Å². The third-order valence-corrected chi connectivity index (χ3v) is 8.67. The van der Waals surface area contributed by atoms with Gasteiger partial charge < -0.3 is 4.90 Å². The van der Waals surface area contributed by atoms with Gasteiger partial charge in [0.15, 0.2) is 15.0 Å². The molecule has 0 N–H and O–H groups in total. The molecule has 0 aliphatic heterocycles. The molecule has 0 atom stereocenters. The number of hydrogen-bond acceptors (Lipinski definition) is 6. The maximum absolute atomic E-state index is 13.2. The van der Waals surface area contributed by atoms with Crippen molar-refractivity contribution in [3.63, 3.8) is 0 Å². The number of aromatic nitrogens is 1. The van der Waals surface area contributed by atoms with Crippen LogP contribution in [0.4, 0.5) is 5.13 Å². The Balaban J connectivity index is 1.77. The van der Waals surface area contributed by atoms with Gasteiger partial charge in [0.2, 0.25) is 5.91 Å². The standard InChI is InChI=1S/C24H30ClN3O3S2/c1-4-27(5-2)13-14-28(24-26-23-18(3)16-19(25)17-21(23)32-24)22(29)12-9-15-33(30,31)20-10-7-6-8-11-20/h6-8,10-11,16-17H,4-5,9,12-15H2,1-3H3. The van der Waals surface area contributed by atoms with Crippen LogP contribution < -0.4 is 4.90 Å². The number of halogens is 1. The third-order valence-electron chi connectivity index (χ3n) is 5.61. The molecule has 0 saturated carbocycles. The zero-order valence-electron chi connectivity index (χ0n) is 19.3. The monoisotopic (exact) mass is 507 g/mol. The van der Waals surface area contributed by atoms with Gasteiger partial charge in [0, 0.05) is 24.5 Å². The van der Waals surface area contributed by atoms with E-state index in [4.69, 9.17) is 16.6 Å². The molecule has 3 rings (SSSR count). The minimum atomic E-state index is -3.42. The van der Waals surface area contributed by atoms with Crippen molar-refractivity contribution in [2.24, 2.45) is 0 Å². The molecule has 2 aromatic carbocycles. The Kier molecular flexibility index (Phi) is 8.87. The van der Waals surface area contributed by atoms with Crippen LogP contribution in [0.15, 0.2) is 47.4 Å². The Morgan fingerprint density at radius 2 is 1.79 bits per heavy atom. The van der Waals surface area contributed by atoms with E-state index < -0.39 is 9.84 Å². The van der Waals surface area contributed by atoms with Crippen LogP contribution in [0, 0.1) is 6.92 Å². The zero-order valence-corrected chi connectivity index (χ0v) is 21.6. The Morgan fingerprint density at radius 3 is 2.45 bits per heavy atom. The number of carbonyl (C=O) groups excluding carboxylic acids is 1. The van der Waals surface area contributed by atoms with Gasteiger partial charge in [0.25, 0.3) is 0 Å². The lowest BCUT2D eigenvalue weighted by atomic mass is 10.2. The average Bonchev–Trinajstić information content (AvgIpc) is 3.21. The first-order chi connectivity index (χ1) is 15.7. The Bertz CT molecular complexity index is 1190. The predicted molar refractivity (Wildman–Crippen MR) is 137 cm³/mol. The Hall–Kier alpha value is -2.00. The van der Waals surface area contributed by atoms with Crippen LogP contribution in [-0.2, 0) is 14.6 Å². The van der Waals surface area contributed by atoms with Crippen molar-refractivity contribution >= 4 is 54.0 Å². The molecule has 6 nitrogen and oxygen atoms in total. The molecule has 178 valence electrons. The van der Waals surface area contributed by atoms with Crippen molar-refractivity contribution < 1.29 is 13.2 Å². The summed E-state index contributed by atoms with van der Waals surface area (Å²) in [5.41, 5.74) is 1.80. The minimum absolute atomic E-state index is 0.0683. The van der Waals surface area contributed by atoms with Crippen molar-refractivity contribution in [2.75, 3.05) is 36.8 Å². The molecule has 0 unspecified atom stereocenters. The Labute approximate surface area is 205 Å².